The van der Waals surface area contributed by atoms with Crippen LogP contribution in [0.1, 0.15) is 70.8 Å². The van der Waals surface area contributed by atoms with Gasteiger partial charge < -0.3 is 9.47 Å². The summed E-state index contributed by atoms with van der Waals surface area (Å²) in [6, 6.07) is 10.8. The predicted octanol–water partition coefficient (Wildman–Crippen LogP) is 7.70. The van der Waals surface area contributed by atoms with Crippen LogP contribution in [-0.2, 0) is 6.42 Å². The van der Waals surface area contributed by atoms with Crippen molar-refractivity contribution >= 4 is 26.7 Å². The van der Waals surface area contributed by atoms with Crippen LogP contribution in [0.2, 0.25) is 0 Å². The van der Waals surface area contributed by atoms with Crippen LogP contribution in [0, 0.1) is 0 Å². The number of alkyl halides is 1. The van der Waals surface area contributed by atoms with E-state index >= 15 is 0 Å². The maximum absolute atomic E-state index is 6.08. The molecule has 0 aliphatic carbocycles. The van der Waals surface area contributed by atoms with E-state index in [9.17, 15) is 0 Å². The Hall–Kier alpha value is -1.22. The molecule has 0 bridgehead atoms. The second-order valence-corrected chi connectivity index (χ2v) is 7.93. The van der Waals surface area contributed by atoms with Gasteiger partial charge in [0.1, 0.15) is 11.5 Å². The van der Waals surface area contributed by atoms with Gasteiger partial charge in [0.25, 0.3) is 0 Å². The molecule has 0 unspecified atom stereocenters. The second kappa shape index (κ2) is 13.0. The zero-order valence-corrected chi connectivity index (χ0v) is 18.7. The summed E-state index contributed by atoms with van der Waals surface area (Å²) >= 11 is 3.48. The lowest BCUT2D eigenvalue weighted by Gasteiger charge is -2.14. The first-order valence-electron chi connectivity index (χ1n) is 10.7. The summed E-state index contributed by atoms with van der Waals surface area (Å²) in [4.78, 5) is 0. The molecular formula is C24H35BrO2. The molecule has 0 heterocycles. The van der Waals surface area contributed by atoms with Gasteiger partial charge in [-0.15, -0.1) is 0 Å². The molecule has 0 saturated carbocycles. The van der Waals surface area contributed by atoms with Crippen LogP contribution in [0.25, 0.3) is 10.8 Å². The SMILES string of the molecule is CCCCCCCOc1ccc2c(CC)c(OCCCCCBr)ccc2c1. The number of unbranched alkanes of at least 4 members (excludes halogenated alkanes) is 6. The Bertz CT molecular complexity index is 669. The van der Waals surface area contributed by atoms with Gasteiger partial charge in [0.2, 0.25) is 0 Å². The highest BCUT2D eigenvalue weighted by Crippen LogP contribution is 2.31. The molecule has 0 aromatic heterocycles. The standard InChI is InChI=1S/C24H35BrO2/c1-3-5-6-7-10-17-26-21-13-14-23-20(19-21)12-15-24(22(23)4-2)27-18-11-8-9-16-25/h12-15,19H,3-11,16-18H2,1-2H3. The Morgan fingerprint density at radius 1 is 0.778 bits per heavy atom. The van der Waals surface area contributed by atoms with Gasteiger partial charge in [0.05, 0.1) is 13.2 Å². The Morgan fingerprint density at radius 2 is 1.52 bits per heavy atom. The van der Waals surface area contributed by atoms with Crippen LogP contribution in [0.15, 0.2) is 30.3 Å². The Morgan fingerprint density at radius 3 is 2.26 bits per heavy atom. The number of rotatable bonds is 14. The number of hydrogen-bond donors (Lipinski definition) is 0. The third kappa shape index (κ3) is 7.37. The van der Waals surface area contributed by atoms with Gasteiger partial charge in [0.15, 0.2) is 0 Å². The van der Waals surface area contributed by atoms with Gasteiger partial charge in [-0.2, -0.15) is 0 Å². The van der Waals surface area contributed by atoms with E-state index < -0.39 is 0 Å². The van der Waals surface area contributed by atoms with Gasteiger partial charge in [-0.25, -0.2) is 0 Å². The van der Waals surface area contributed by atoms with E-state index in [-0.39, 0.29) is 0 Å². The summed E-state index contributed by atoms with van der Waals surface area (Å²) in [6.45, 7) is 6.06. The van der Waals surface area contributed by atoms with Crippen LogP contribution in [0.5, 0.6) is 11.5 Å². The fourth-order valence-corrected chi connectivity index (χ4v) is 3.79. The number of halogens is 1. The van der Waals surface area contributed by atoms with Crippen molar-refractivity contribution in [2.75, 3.05) is 18.5 Å². The molecular weight excluding hydrogens is 400 g/mol. The van der Waals surface area contributed by atoms with Crippen molar-refractivity contribution < 1.29 is 9.47 Å². The monoisotopic (exact) mass is 434 g/mol. The molecule has 0 radical (unpaired) electrons. The van der Waals surface area contributed by atoms with E-state index in [1.54, 1.807) is 0 Å². The maximum atomic E-state index is 6.08. The number of fused-ring (bicyclic) bond motifs is 1. The first-order chi connectivity index (χ1) is 13.3. The third-order valence-corrected chi connectivity index (χ3v) is 5.53. The molecule has 2 aromatic rings. The minimum absolute atomic E-state index is 0.796. The molecule has 0 fully saturated rings. The number of benzene rings is 2. The van der Waals surface area contributed by atoms with Crippen molar-refractivity contribution in [1.82, 2.24) is 0 Å². The molecule has 27 heavy (non-hydrogen) atoms. The lowest BCUT2D eigenvalue weighted by molar-refractivity contribution is 0.303. The summed E-state index contributed by atoms with van der Waals surface area (Å²) in [5, 5.41) is 3.60. The molecule has 0 aliphatic rings. The van der Waals surface area contributed by atoms with Crippen molar-refractivity contribution in [3.8, 4) is 11.5 Å². The molecule has 0 amide bonds. The first-order valence-corrected chi connectivity index (χ1v) is 11.8. The highest BCUT2D eigenvalue weighted by Gasteiger charge is 2.08. The third-order valence-electron chi connectivity index (χ3n) is 4.97. The number of hydrogen-bond acceptors (Lipinski definition) is 2. The maximum Gasteiger partial charge on any atom is 0.123 e. The molecule has 3 heteroatoms. The molecule has 0 saturated heterocycles. The van der Waals surface area contributed by atoms with Crippen LogP contribution in [-0.4, -0.2) is 18.5 Å². The van der Waals surface area contributed by atoms with E-state index in [0.717, 1.165) is 49.3 Å². The first kappa shape index (κ1) is 22.1. The van der Waals surface area contributed by atoms with E-state index in [1.807, 2.05) is 0 Å². The quantitative estimate of drug-likeness (QED) is 0.224. The van der Waals surface area contributed by atoms with Gasteiger partial charge in [0, 0.05) is 10.9 Å². The fourth-order valence-electron chi connectivity index (χ4n) is 3.39. The molecule has 2 nitrogen and oxygen atoms in total. The summed E-state index contributed by atoms with van der Waals surface area (Å²) in [7, 11) is 0. The fraction of sp³-hybridized carbons (Fsp3) is 0.583. The molecule has 0 spiro atoms. The summed E-state index contributed by atoms with van der Waals surface area (Å²) in [6.07, 6.45) is 10.8. The van der Waals surface area contributed by atoms with E-state index in [0.29, 0.717) is 0 Å². The Kier molecular flexibility index (Phi) is 10.7. The van der Waals surface area contributed by atoms with Crippen molar-refractivity contribution in [2.24, 2.45) is 0 Å². The Balaban J connectivity index is 1.95. The largest absolute Gasteiger partial charge is 0.494 e. The minimum Gasteiger partial charge on any atom is -0.494 e. The zero-order chi connectivity index (χ0) is 19.3. The van der Waals surface area contributed by atoms with Gasteiger partial charge in [-0.1, -0.05) is 67.6 Å². The lowest BCUT2D eigenvalue weighted by Crippen LogP contribution is -2.01. The van der Waals surface area contributed by atoms with Crippen LogP contribution in [0.3, 0.4) is 0 Å². The summed E-state index contributed by atoms with van der Waals surface area (Å²) in [5.74, 6) is 2.01. The molecule has 150 valence electrons. The summed E-state index contributed by atoms with van der Waals surface area (Å²) in [5.41, 5.74) is 1.30. The highest BCUT2D eigenvalue weighted by atomic mass is 79.9. The van der Waals surface area contributed by atoms with Crippen LogP contribution < -0.4 is 9.47 Å². The topological polar surface area (TPSA) is 18.5 Å². The molecule has 2 aromatic carbocycles. The summed E-state index contributed by atoms with van der Waals surface area (Å²) < 4.78 is 12.0. The van der Waals surface area contributed by atoms with Crippen molar-refractivity contribution in [3.63, 3.8) is 0 Å². The van der Waals surface area contributed by atoms with E-state index in [1.165, 1.54) is 54.9 Å². The van der Waals surface area contributed by atoms with Gasteiger partial charge in [-0.3, -0.25) is 0 Å². The zero-order valence-electron chi connectivity index (χ0n) is 17.1. The Labute approximate surface area is 173 Å². The molecule has 0 atom stereocenters. The average Bonchev–Trinajstić information content (AvgIpc) is 2.70. The number of aryl methyl sites for hydroxylation is 1. The minimum atomic E-state index is 0.796. The van der Waals surface area contributed by atoms with Crippen LogP contribution >= 0.6 is 15.9 Å². The second-order valence-electron chi connectivity index (χ2n) is 7.14. The van der Waals surface area contributed by atoms with Crippen LogP contribution in [0.4, 0.5) is 0 Å². The van der Waals surface area contributed by atoms with E-state index in [4.69, 9.17) is 9.47 Å². The smallest absolute Gasteiger partial charge is 0.123 e. The van der Waals surface area contributed by atoms with Gasteiger partial charge >= 0.3 is 0 Å². The highest BCUT2D eigenvalue weighted by molar-refractivity contribution is 9.09. The molecule has 0 N–H and O–H groups in total. The van der Waals surface area contributed by atoms with Crippen molar-refractivity contribution in [1.29, 1.82) is 0 Å². The number of ether oxygens (including phenoxy) is 2. The predicted molar refractivity (Wildman–Crippen MR) is 121 cm³/mol. The van der Waals surface area contributed by atoms with Crippen molar-refractivity contribution in [3.05, 3.63) is 35.9 Å². The van der Waals surface area contributed by atoms with Crippen molar-refractivity contribution in [2.45, 2.75) is 71.6 Å². The normalized spacial score (nSPS) is 11.1. The molecule has 2 rings (SSSR count). The van der Waals surface area contributed by atoms with E-state index in [2.05, 4.69) is 60.1 Å². The lowest BCUT2D eigenvalue weighted by atomic mass is 10.0. The van der Waals surface area contributed by atoms with Gasteiger partial charge in [-0.05, 0) is 61.1 Å². The average molecular weight is 435 g/mol. The molecule has 0 aliphatic heterocycles.